The molecule has 5 aromatic carbocycles. The third-order valence-electron chi connectivity index (χ3n) is 10.6. The fourth-order valence-electron chi connectivity index (χ4n) is 7.89. The van der Waals surface area contributed by atoms with Crippen LogP contribution in [0.3, 0.4) is 0 Å². The Hall–Kier alpha value is -3.90. The predicted octanol–water partition coefficient (Wildman–Crippen LogP) is 13.4. The van der Waals surface area contributed by atoms with Gasteiger partial charge in [0.15, 0.2) is 0 Å². The molecule has 0 aliphatic carbocycles. The molecule has 46 heavy (non-hydrogen) atoms. The summed E-state index contributed by atoms with van der Waals surface area (Å²) in [6.45, 7) is 9.50. The number of hydrogen-bond donors (Lipinski definition) is 0. The van der Waals surface area contributed by atoms with E-state index in [0.29, 0.717) is 35.5 Å². The lowest BCUT2D eigenvalue weighted by Crippen LogP contribution is -2.15. The first kappa shape index (κ1) is 33.5. The highest BCUT2D eigenvalue weighted by molar-refractivity contribution is 5.34. The quantitative estimate of drug-likeness (QED) is 0.105. The predicted molar refractivity (Wildman–Crippen MR) is 199 cm³/mol. The Kier molecular flexibility index (Phi) is 12.5. The van der Waals surface area contributed by atoms with Gasteiger partial charge in [0, 0.05) is 0 Å². The van der Waals surface area contributed by atoms with Gasteiger partial charge in [-0.1, -0.05) is 173 Å². The van der Waals surface area contributed by atoms with Crippen molar-refractivity contribution in [2.24, 2.45) is 0 Å². The van der Waals surface area contributed by atoms with Crippen molar-refractivity contribution in [3.05, 3.63) is 179 Å². The van der Waals surface area contributed by atoms with Crippen molar-refractivity contribution >= 4 is 0 Å². The summed E-state index contributed by atoms with van der Waals surface area (Å²) in [6.07, 6.45) is 6.94. The highest BCUT2D eigenvalue weighted by Gasteiger charge is 2.28. The van der Waals surface area contributed by atoms with Gasteiger partial charge >= 0.3 is 0 Å². The molecule has 0 aliphatic rings. The SMILES string of the molecule is CCC(CC(CC(C)c1ccccc1)c1ccc(C(CC(CC)c2ccccc2)C(CC)c2ccccc2)cc1)c1ccccc1. The van der Waals surface area contributed by atoms with E-state index in [2.05, 4.69) is 173 Å². The number of hydrogen-bond acceptors (Lipinski definition) is 0. The Balaban J connectivity index is 1.48. The van der Waals surface area contributed by atoms with Gasteiger partial charge in [-0.05, 0) is 107 Å². The van der Waals surface area contributed by atoms with Crippen LogP contribution < -0.4 is 0 Å². The summed E-state index contributed by atoms with van der Waals surface area (Å²) in [4.78, 5) is 0. The summed E-state index contributed by atoms with van der Waals surface area (Å²) in [7, 11) is 0. The van der Waals surface area contributed by atoms with Gasteiger partial charge in [0.2, 0.25) is 0 Å². The summed E-state index contributed by atoms with van der Waals surface area (Å²) in [5, 5.41) is 0. The molecule has 0 amide bonds. The Morgan fingerprint density at radius 1 is 0.326 bits per heavy atom. The fourth-order valence-corrected chi connectivity index (χ4v) is 7.89. The molecule has 0 aliphatic heterocycles. The molecule has 0 heteroatoms. The zero-order valence-corrected chi connectivity index (χ0v) is 28.6. The molecule has 0 saturated carbocycles. The Morgan fingerprint density at radius 2 is 0.696 bits per heavy atom. The molecule has 5 rings (SSSR count). The lowest BCUT2D eigenvalue weighted by atomic mass is 9.73. The minimum Gasteiger partial charge on any atom is -0.0648 e. The van der Waals surface area contributed by atoms with Crippen LogP contribution in [0.5, 0.6) is 0 Å². The van der Waals surface area contributed by atoms with Crippen LogP contribution >= 0.6 is 0 Å². The monoisotopic (exact) mass is 606 g/mol. The van der Waals surface area contributed by atoms with Crippen molar-refractivity contribution in [2.45, 2.75) is 102 Å². The summed E-state index contributed by atoms with van der Waals surface area (Å²) in [5.74, 6) is 3.05. The van der Waals surface area contributed by atoms with Crippen LogP contribution in [0.15, 0.2) is 146 Å². The molecule has 0 heterocycles. The largest absolute Gasteiger partial charge is 0.0648 e. The van der Waals surface area contributed by atoms with Gasteiger partial charge in [-0.15, -0.1) is 0 Å². The summed E-state index contributed by atoms with van der Waals surface area (Å²) in [6, 6.07) is 54.7. The first-order valence-electron chi connectivity index (χ1n) is 17.9. The van der Waals surface area contributed by atoms with Crippen LogP contribution in [0, 0.1) is 0 Å². The molecule has 0 saturated heterocycles. The average molecular weight is 607 g/mol. The molecule has 0 fully saturated rings. The van der Waals surface area contributed by atoms with E-state index in [1.807, 2.05) is 0 Å². The normalized spacial score (nSPS) is 15.4. The van der Waals surface area contributed by atoms with Crippen LogP contribution in [0.1, 0.15) is 135 Å². The van der Waals surface area contributed by atoms with Crippen molar-refractivity contribution in [3.63, 3.8) is 0 Å². The van der Waals surface area contributed by atoms with Crippen molar-refractivity contribution in [1.29, 1.82) is 0 Å². The van der Waals surface area contributed by atoms with Crippen molar-refractivity contribution in [2.75, 3.05) is 0 Å². The van der Waals surface area contributed by atoms with Gasteiger partial charge < -0.3 is 0 Å². The fraction of sp³-hybridized carbons (Fsp3) is 0.348. The van der Waals surface area contributed by atoms with Gasteiger partial charge in [0.25, 0.3) is 0 Å². The maximum absolute atomic E-state index is 2.49. The summed E-state index contributed by atoms with van der Waals surface area (Å²) in [5.41, 5.74) is 8.82. The second kappa shape index (κ2) is 17.1. The first-order valence-corrected chi connectivity index (χ1v) is 17.9. The summed E-state index contributed by atoms with van der Waals surface area (Å²) < 4.78 is 0. The van der Waals surface area contributed by atoms with Gasteiger partial charge in [0.05, 0.1) is 0 Å². The molecule has 6 atom stereocenters. The Bertz CT molecular complexity index is 1520. The molecular weight excluding hydrogens is 553 g/mol. The minimum atomic E-state index is 0.459. The standard InChI is InChI=1S/C46H54/c1-5-36(39-22-14-9-15-23-39)33-44(32-35(4)38-20-12-8-13-21-38)41-28-30-43(31-29-41)46(45(7-3)42-26-18-11-19-27-42)34-37(6-2)40-24-16-10-17-25-40/h8-31,35-37,44-46H,5-7,32-34H2,1-4H3. The second-order valence-corrected chi connectivity index (χ2v) is 13.4. The third kappa shape index (κ3) is 8.67. The Morgan fingerprint density at radius 3 is 1.15 bits per heavy atom. The van der Waals surface area contributed by atoms with E-state index in [1.54, 1.807) is 0 Å². The van der Waals surface area contributed by atoms with E-state index in [-0.39, 0.29) is 0 Å². The van der Waals surface area contributed by atoms with Crippen LogP contribution in [0.2, 0.25) is 0 Å². The molecule has 0 N–H and O–H groups in total. The molecule has 0 aromatic heterocycles. The lowest BCUT2D eigenvalue weighted by molar-refractivity contribution is 0.441. The van der Waals surface area contributed by atoms with Crippen LogP contribution in [0.25, 0.3) is 0 Å². The molecule has 0 nitrogen and oxygen atoms in total. The maximum Gasteiger partial charge on any atom is -0.00874 e. The van der Waals surface area contributed by atoms with Gasteiger partial charge in [0.1, 0.15) is 0 Å². The number of rotatable bonds is 16. The zero-order valence-electron chi connectivity index (χ0n) is 28.6. The Labute approximate surface area is 279 Å². The van der Waals surface area contributed by atoms with E-state index < -0.39 is 0 Å². The van der Waals surface area contributed by atoms with E-state index in [4.69, 9.17) is 0 Å². The second-order valence-electron chi connectivity index (χ2n) is 13.4. The molecular formula is C46H54. The maximum atomic E-state index is 2.49. The topological polar surface area (TPSA) is 0 Å². The third-order valence-corrected chi connectivity index (χ3v) is 10.6. The first-order chi connectivity index (χ1) is 22.6. The van der Waals surface area contributed by atoms with Crippen molar-refractivity contribution in [3.8, 4) is 0 Å². The van der Waals surface area contributed by atoms with Crippen LogP contribution in [0.4, 0.5) is 0 Å². The van der Waals surface area contributed by atoms with E-state index in [0.717, 1.165) is 32.1 Å². The van der Waals surface area contributed by atoms with Gasteiger partial charge in [-0.2, -0.15) is 0 Å². The van der Waals surface area contributed by atoms with E-state index in [9.17, 15) is 0 Å². The average Bonchev–Trinajstić information content (AvgIpc) is 3.13. The van der Waals surface area contributed by atoms with E-state index in [1.165, 1.54) is 39.8 Å². The molecule has 0 bridgehead atoms. The van der Waals surface area contributed by atoms with Gasteiger partial charge in [-0.25, -0.2) is 0 Å². The molecule has 6 unspecified atom stereocenters. The van der Waals surface area contributed by atoms with Crippen molar-refractivity contribution < 1.29 is 0 Å². The van der Waals surface area contributed by atoms with Crippen LogP contribution in [-0.2, 0) is 0 Å². The van der Waals surface area contributed by atoms with Gasteiger partial charge in [-0.3, -0.25) is 0 Å². The zero-order chi connectivity index (χ0) is 32.1. The highest BCUT2D eigenvalue weighted by atomic mass is 14.3. The lowest BCUT2D eigenvalue weighted by Gasteiger charge is -2.32. The van der Waals surface area contributed by atoms with E-state index >= 15 is 0 Å². The van der Waals surface area contributed by atoms with Crippen LogP contribution in [-0.4, -0.2) is 0 Å². The molecule has 238 valence electrons. The molecule has 0 radical (unpaired) electrons. The number of benzene rings is 5. The highest BCUT2D eigenvalue weighted by Crippen LogP contribution is 2.44. The molecule has 5 aromatic rings. The smallest absolute Gasteiger partial charge is 0.00874 e. The minimum absolute atomic E-state index is 0.459. The molecule has 0 spiro atoms. The summed E-state index contributed by atoms with van der Waals surface area (Å²) >= 11 is 0. The van der Waals surface area contributed by atoms with Crippen molar-refractivity contribution in [1.82, 2.24) is 0 Å².